The molecule has 6 rings (SSSR count). The van der Waals surface area contributed by atoms with Crippen molar-refractivity contribution < 1.29 is 29.3 Å². The summed E-state index contributed by atoms with van der Waals surface area (Å²) in [5.41, 5.74) is 3.20. The number of anilines is 2. The largest absolute Gasteiger partial charge is 0.497 e. The fourth-order valence-corrected chi connectivity index (χ4v) is 6.65. The van der Waals surface area contributed by atoms with Gasteiger partial charge in [0.25, 0.3) is 5.91 Å². The second-order valence-electron chi connectivity index (χ2n) is 12.8. The number of methoxy groups -OCH3 is 1. The van der Waals surface area contributed by atoms with E-state index in [0.717, 1.165) is 27.6 Å². The van der Waals surface area contributed by atoms with Gasteiger partial charge in [0.2, 0.25) is 11.8 Å². The molecular formula is C41H42N4O6. The number of nitrogens with one attached hydrogen (secondary N) is 2. The van der Waals surface area contributed by atoms with Crippen molar-refractivity contribution in [2.45, 2.75) is 38.5 Å². The summed E-state index contributed by atoms with van der Waals surface area (Å²) in [6.45, 7) is 2.28. The van der Waals surface area contributed by atoms with Gasteiger partial charge in [-0.3, -0.25) is 14.4 Å². The summed E-state index contributed by atoms with van der Waals surface area (Å²) in [6, 6.07) is 29.9. The highest BCUT2D eigenvalue weighted by atomic mass is 16.5. The average molecular weight is 687 g/mol. The number of nitrogens with zero attached hydrogens (tertiary/aromatic N) is 2. The zero-order valence-corrected chi connectivity index (χ0v) is 28.7. The molecule has 2 heterocycles. The topological polar surface area (TPSA) is 135 Å². The van der Waals surface area contributed by atoms with Gasteiger partial charge in [-0.1, -0.05) is 79.7 Å². The molecule has 1 aliphatic rings. The second-order valence-corrected chi connectivity index (χ2v) is 12.8. The van der Waals surface area contributed by atoms with Crippen molar-refractivity contribution in [1.29, 1.82) is 0 Å². The molecule has 0 saturated heterocycles. The maximum atomic E-state index is 14.2. The van der Waals surface area contributed by atoms with Crippen molar-refractivity contribution in [3.63, 3.8) is 0 Å². The number of rotatable bonds is 14. The van der Waals surface area contributed by atoms with E-state index in [2.05, 4.69) is 10.3 Å². The van der Waals surface area contributed by atoms with Gasteiger partial charge >= 0.3 is 0 Å². The fourth-order valence-electron chi connectivity index (χ4n) is 6.65. The van der Waals surface area contributed by atoms with Gasteiger partial charge in [-0.05, 0) is 53.1 Å². The predicted molar refractivity (Wildman–Crippen MR) is 197 cm³/mol. The molecule has 5 aromatic rings. The van der Waals surface area contributed by atoms with Crippen molar-refractivity contribution in [2.75, 3.05) is 30.5 Å². The third-order valence-corrected chi connectivity index (χ3v) is 9.37. The molecule has 51 heavy (non-hydrogen) atoms. The third kappa shape index (κ3) is 7.57. The number of amides is 3. The quantitative estimate of drug-likeness (QED) is 0.111. The maximum Gasteiger partial charge on any atom is 0.264 e. The molecule has 2 atom stereocenters. The molecule has 0 spiro atoms. The van der Waals surface area contributed by atoms with E-state index in [0.29, 0.717) is 29.2 Å². The van der Waals surface area contributed by atoms with E-state index in [-0.39, 0.29) is 44.4 Å². The molecule has 0 radical (unpaired) electrons. The SMILES string of the molecule is COc1ccc2c(c1)[C@@](O)([C@H](C)/C=C/CC(=O)N(CCO)Cc1ccccc1)C(=O)N2Cc1cccc(NC(=O)Cc2c[nH]c3ccccc23)c1. The molecule has 0 unspecified atom stereocenters. The Balaban J connectivity index is 1.17. The lowest BCUT2D eigenvalue weighted by Gasteiger charge is -2.28. The van der Waals surface area contributed by atoms with E-state index in [1.165, 1.54) is 7.11 Å². The number of ether oxygens (including phenoxy) is 1. The fraction of sp³-hybridized carbons (Fsp3) is 0.244. The number of H-pyrrole nitrogens is 1. The van der Waals surface area contributed by atoms with Gasteiger partial charge in [0.1, 0.15) is 5.75 Å². The molecule has 0 saturated carbocycles. The van der Waals surface area contributed by atoms with E-state index in [1.54, 1.807) is 53.1 Å². The smallest absolute Gasteiger partial charge is 0.264 e. The van der Waals surface area contributed by atoms with E-state index in [9.17, 15) is 24.6 Å². The first-order chi connectivity index (χ1) is 24.7. The number of hydrogen-bond donors (Lipinski definition) is 4. The minimum absolute atomic E-state index is 0.0367. The molecule has 262 valence electrons. The standard InChI is InChI=1S/C41H42N4O6/c1-28(10-8-17-39(48)44(20-21-46)26-29-11-4-3-5-12-29)41(50)35-24-33(51-2)18-19-37(35)45(40(41)49)27-30-13-9-14-32(22-30)43-38(47)23-31-25-42-36-16-7-6-15-34(31)36/h3-16,18-19,22,24-25,28,42,46,50H,17,20-21,23,26-27H2,1-2H3,(H,43,47)/b10-8+/t28-,41+/m1/s1. The Bertz CT molecular complexity index is 2060. The molecule has 4 N–H and O–H groups in total. The first kappa shape index (κ1) is 35.1. The molecule has 0 fully saturated rings. The van der Waals surface area contributed by atoms with Crippen LogP contribution in [0.2, 0.25) is 0 Å². The predicted octanol–water partition coefficient (Wildman–Crippen LogP) is 5.70. The molecule has 10 heteroatoms. The number of aliphatic hydroxyl groups excluding tert-OH is 1. The summed E-state index contributed by atoms with van der Waals surface area (Å²) in [7, 11) is 1.52. The number of carbonyl (C=O) groups excluding carboxylic acids is 3. The number of hydrogen-bond acceptors (Lipinski definition) is 6. The second kappa shape index (κ2) is 15.5. The van der Waals surface area contributed by atoms with Crippen LogP contribution in [0, 0.1) is 5.92 Å². The first-order valence-electron chi connectivity index (χ1n) is 17.0. The Kier molecular flexibility index (Phi) is 10.6. The third-order valence-electron chi connectivity index (χ3n) is 9.37. The van der Waals surface area contributed by atoms with Crippen LogP contribution in [0.5, 0.6) is 5.75 Å². The van der Waals surface area contributed by atoms with Crippen molar-refractivity contribution in [3.8, 4) is 5.75 Å². The number of aliphatic hydroxyl groups is 2. The average Bonchev–Trinajstić information content (AvgIpc) is 3.64. The van der Waals surface area contributed by atoms with Gasteiger partial charge in [0, 0.05) is 53.8 Å². The summed E-state index contributed by atoms with van der Waals surface area (Å²) in [4.78, 5) is 46.7. The van der Waals surface area contributed by atoms with Crippen molar-refractivity contribution >= 4 is 40.0 Å². The number of fused-ring (bicyclic) bond motifs is 2. The van der Waals surface area contributed by atoms with Crippen LogP contribution in [0.3, 0.4) is 0 Å². The maximum absolute atomic E-state index is 14.2. The summed E-state index contributed by atoms with van der Waals surface area (Å²) in [5.74, 6) is -1.07. The van der Waals surface area contributed by atoms with Gasteiger partial charge in [-0.2, -0.15) is 0 Å². The molecular weight excluding hydrogens is 644 g/mol. The Morgan fingerprint density at radius 3 is 2.55 bits per heavy atom. The normalized spacial score (nSPS) is 16.0. The first-order valence-corrected chi connectivity index (χ1v) is 17.0. The zero-order chi connectivity index (χ0) is 36.0. The van der Waals surface area contributed by atoms with E-state index >= 15 is 0 Å². The van der Waals surface area contributed by atoms with Gasteiger partial charge in [0.05, 0.1) is 32.4 Å². The number of carbonyl (C=O) groups is 3. The number of para-hydroxylation sites is 1. The monoisotopic (exact) mass is 686 g/mol. The highest BCUT2D eigenvalue weighted by molar-refractivity contribution is 6.07. The van der Waals surface area contributed by atoms with E-state index in [4.69, 9.17) is 4.74 Å². The van der Waals surface area contributed by atoms with Crippen molar-refractivity contribution in [2.24, 2.45) is 5.92 Å². The number of aromatic nitrogens is 1. The molecule has 1 aliphatic heterocycles. The number of benzene rings is 4. The van der Waals surface area contributed by atoms with E-state index < -0.39 is 17.4 Å². The molecule has 0 bridgehead atoms. The van der Waals surface area contributed by atoms with Crippen LogP contribution in [-0.2, 0) is 39.5 Å². The van der Waals surface area contributed by atoms with Gasteiger partial charge in [0.15, 0.2) is 5.60 Å². The van der Waals surface area contributed by atoms with Crippen LogP contribution >= 0.6 is 0 Å². The highest BCUT2D eigenvalue weighted by Gasteiger charge is 2.52. The summed E-state index contributed by atoms with van der Waals surface area (Å²) in [6.07, 6.45) is 5.43. The van der Waals surface area contributed by atoms with E-state index in [1.807, 2.05) is 79.0 Å². The van der Waals surface area contributed by atoms with Crippen LogP contribution in [0.1, 0.15) is 35.6 Å². The lowest BCUT2D eigenvalue weighted by Crippen LogP contribution is -2.44. The van der Waals surface area contributed by atoms with Crippen LogP contribution in [0.25, 0.3) is 10.9 Å². The lowest BCUT2D eigenvalue weighted by atomic mass is 9.83. The van der Waals surface area contributed by atoms with Gasteiger partial charge < -0.3 is 35.1 Å². The Morgan fingerprint density at radius 1 is 1.00 bits per heavy atom. The molecule has 1 aromatic heterocycles. The Hall–Kier alpha value is -5.71. The Labute approximate surface area is 297 Å². The summed E-state index contributed by atoms with van der Waals surface area (Å²) >= 11 is 0. The number of aromatic amines is 1. The highest BCUT2D eigenvalue weighted by Crippen LogP contribution is 2.47. The van der Waals surface area contributed by atoms with Gasteiger partial charge in [-0.15, -0.1) is 0 Å². The van der Waals surface area contributed by atoms with Crippen LogP contribution < -0.4 is 15.0 Å². The zero-order valence-electron chi connectivity index (χ0n) is 28.7. The summed E-state index contributed by atoms with van der Waals surface area (Å²) < 4.78 is 5.45. The molecule has 10 nitrogen and oxygen atoms in total. The molecule has 3 amide bonds. The summed E-state index contributed by atoms with van der Waals surface area (Å²) in [5, 5.41) is 25.7. The van der Waals surface area contributed by atoms with Crippen molar-refractivity contribution in [3.05, 3.63) is 138 Å². The van der Waals surface area contributed by atoms with Gasteiger partial charge in [-0.25, -0.2) is 0 Å². The van der Waals surface area contributed by atoms with Crippen LogP contribution in [-0.4, -0.2) is 58.1 Å². The lowest BCUT2D eigenvalue weighted by molar-refractivity contribution is -0.139. The van der Waals surface area contributed by atoms with Crippen LogP contribution in [0.4, 0.5) is 11.4 Å². The van der Waals surface area contributed by atoms with Crippen molar-refractivity contribution in [1.82, 2.24) is 9.88 Å². The molecule has 0 aliphatic carbocycles. The minimum Gasteiger partial charge on any atom is -0.497 e. The molecule has 4 aromatic carbocycles. The minimum atomic E-state index is -1.93. The van der Waals surface area contributed by atoms with Crippen LogP contribution in [0.15, 0.2) is 115 Å². The Morgan fingerprint density at radius 2 is 1.76 bits per heavy atom.